The maximum absolute atomic E-state index is 10.7. The Kier molecular flexibility index (Phi) is 1.48. The van der Waals surface area contributed by atoms with Crippen LogP contribution in [0.2, 0.25) is 0 Å². The third kappa shape index (κ3) is 1.22. The quantitative estimate of drug-likeness (QED) is 0.787. The Morgan fingerprint density at radius 2 is 2.36 bits per heavy atom. The monoisotopic (exact) mass is 192 g/mol. The fraction of sp³-hybridized carbons (Fsp3) is 0.600. The summed E-state index contributed by atoms with van der Waals surface area (Å²) in [6.45, 7) is 0. The van der Waals surface area contributed by atoms with Gasteiger partial charge in [-0.25, -0.2) is 0 Å². The minimum atomic E-state index is -0.672. The van der Waals surface area contributed by atoms with Crippen LogP contribution in [0.25, 0.3) is 0 Å². The topological polar surface area (TPSA) is 55.1 Å². The second-order valence-corrected chi connectivity index (χ2v) is 4.27. The van der Waals surface area contributed by atoms with Crippen molar-refractivity contribution in [2.24, 2.45) is 5.92 Å². The first kappa shape index (κ1) is 8.03. The highest BCUT2D eigenvalue weighted by Gasteiger charge is 2.45. The first-order valence-corrected chi connectivity index (χ1v) is 5.02. The van der Waals surface area contributed by atoms with Gasteiger partial charge in [0.2, 0.25) is 0 Å². The van der Waals surface area contributed by atoms with Crippen molar-refractivity contribution in [1.82, 2.24) is 9.78 Å². The van der Waals surface area contributed by atoms with E-state index in [1.807, 2.05) is 17.1 Å². The van der Waals surface area contributed by atoms with Crippen LogP contribution in [-0.4, -0.2) is 20.9 Å². The third-order valence-corrected chi connectivity index (χ3v) is 3.08. The van der Waals surface area contributed by atoms with E-state index in [1.165, 1.54) is 12.8 Å². The molecular weight excluding hydrogens is 180 g/mol. The minimum absolute atomic E-state index is 0.160. The molecule has 1 aromatic heterocycles. The Balaban J connectivity index is 1.75. The van der Waals surface area contributed by atoms with Crippen LogP contribution in [0.4, 0.5) is 0 Å². The predicted octanol–water partition coefficient (Wildman–Crippen LogP) is 1.41. The van der Waals surface area contributed by atoms with E-state index < -0.39 is 5.97 Å². The summed E-state index contributed by atoms with van der Waals surface area (Å²) in [6.07, 6.45) is 7.06. The first-order valence-electron chi connectivity index (χ1n) is 5.02. The number of carboxylic acid groups (broad SMARTS) is 1. The SMILES string of the molecule is O=C(O)[C@@H]1C[C@H]1c1cnn(C2CC2)c1. The fourth-order valence-corrected chi connectivity index (χ4v) is 1.92. The standard InChI is InChI=1S/C10H12N2O2/c13-10(14)9-3-8(9)6-4-11-12(5-6)7-1-2-7/h4-5,7-9H,1-3H2,(H,13,14)/t8-,9+/m0/s1. The van der Waals surface area contributed by atoms with Crippen LogP contribution in [-0.2, 0) is 4.79 Å². The van der Waals surface area contributed by atoms with E-state index in [0.29, 0.717) is 6.04 Å². The van der Waals surface area contributed by atoms with Crippen molar-refractivity contribution in [1.29, 1.82) is 0 Å². The maximum atomic E-state index is 10.7. The lowest BCUT2D eigenvalue weighted by molar-refractivity contribution is -0.138. The van der Waals surface area contributed by atoms with E-state index in [9.17, 15) is 4.79 Å². The molecule has 2 saturated carbocycles. The van der Waals surface area contributed by atoms with Gasteiger partial charge >= 0.3 is 5.97 Å². The number of aromatic nitrogens is 2. The molecule has 0 aliphatic heterocycles. The summed E-state index contributed by atoms with van der Waals surface area (Å²) in [4.78, 5) is 10.7. The highest BCUT2D eigenvalue weighted by atomic mass is 16.4. The lowest BCUT2D eigenvalue weighted by Crippen LogP contribution is -1.98. The maximum Gasteiger partial charge on any atom is 0.307 e. The zero-order valence-electron chi connectivity index (χ0n) is 7.76. The summed E-state index contributed by atoms with van der Waals surface area (Å²) in [7, 11) is 0. The molecule has 4 heteroatoms. The first-order chi connectivity index (χ1) is 6.75. The Hall–Kier alpha value is -1.32. The minimum Gasteiger partial charge on any atom is -0.481 e. The normalized spacial score (nSPS) is 30.3. The highest BCUT2D eigenvalue weighted by Crippen LogP contribution is 2.48. The van der Waals surface area contributed by atoms with Crippen LogP contribution in [0.3, 0.4) is 0 Å². The van der Waals surface area contributed by atoms with Crippen molar-refractivity contribution in [3.63, 3.8) is 0 Å². The van der Waals surface area contributed by atoms with Crippen molar-refractivity contribution >= 4 is 5.97 Å². The molecule has 14 heavy (non-hydrogen) atoms. The van der Waals surface area contributed by atoms with E-state index in [1.54, 1.807) is 0 Å². The smallest absolute Gasteiger partial charge is 0.307 e. The van der Waals surface area contributed by atoms with E-state index in [4.69, 9.17) is 5.11 Å². The van der Waals surface area contributed by atoms with Crippen LogP contribution in [0.1, 0.15) is 36.8 Å². The van der Waals surface area contributed by atoms with Gasteiger partial charge in [0.25, 0.3) is 0 Å². The van der Waals surface area contributed by atoms with E-state index in [-0.39, 0.29) is 11.8 Å². The van der Waals surface area contributed by atoms with Crippen LogP contribution in [0.15, 0.2) is 12.4 Å². The predicted molar refractivity (Wildman–Crippen MR) is 49.0 cm³/mol. The molecule has 1 heterocycles. The molecule has 2 aliphatic carbocycles. The summed E-state index contributed by atoms with van der Waals surface area (Å²) < 4.78 is 1.98. The molecule has 3 rings (SSSR count). The van der Waals surface area contributed by atoms with Gasteiger partial charge in [-0.05, 0) is 24.8 Å². The molecule has 74 valence electrons. The highest BCUT2D eigenvalue weighted by molar-refractivity contribution is 5.75. The Morgan fingerprint density at radius 3 is 2.93 bits per heavy atom. The summed E-state index contributed by atoms with van der Waals surface area (Å²) in [6, 6.07) is 0.589. The molecule has 0 spiro atoms. The van der Waals surface area contributed by atoms with Crippen molar-refractivity contribution < 1.29 is 9.90 Å². The molecule has 0 unspecified atom stereocenters. The van der Waals surface area contributed by atoms with Crippen molar-refractivity contribution in [2.75, 3.05) is 0 Å². The summed E-state index contributed by atoms with van der Waals surface area (Å²) in [5, 5.41) is 13.0. The second-order valence-electron chi connectivity index (χ2n) is 4.27. The average molecular weight is 192 g/mol. The zero-order valence-corrected chi connectivity index (χ0v) is 7.76. The molecule has 0 radical (unpaired) electrons. The zero-order chi connectivity index (χ0) is 9.71. The molecule has 0 amide bonds. The van der Waals surface area contributed by atoms with E-state index >= 15 is 0 Å². The number of nitrogens with zero attached hydrogens (tertiary/aromatic N) is 2. The number of rotatable bonds is 3. The van der Waals surface area contributed by atoms with E-state index in [0.717, 1.165) is 12.0 Å². The molecule has 1 aromatic rings. The van der Waals surface area contributed by atoms with Gasteiger partial charge in [-0.15, -0.1) is 0 Å². The molecule has 2 aliphatic rings. The number of carboxylic acids is 1. The summed E-state index contributed by atoms with van der Waals surface area (Å²) >= 11 is 0. The Bertz CT molecular complexity index is 381. The lowest BCUT2D eigenvalue weighted by atomic mass is 10.2. The second kappa shape index (κ2) is 2.59. The Morgan fingerprint density at radius 1 is 1.57 bits per heavy atom. The average Bonchev–Trinajstić information content (AvgIpc) is 3.05. The van der Waals surface area contributed by atoms with Crippen LogP contribution in [0.5, 0.6) is 0 Å². The van der Waals surface area contributed by atoms with Gasteiger partial charge in [0.1, 0.15) is 0 Å². The third-order valence-electron chi connectivity index (χ3n) is 3.08. The van der Waals surface area contributed by atoms with Crippen molar-refractivity contribution in [2.45, 2.75) is 31.2 Å². The number of hydrogen-bond acceptors (Lipinski definition) is 2. The van der Waals surface area contributed by atoms with Gasteiger partial charge < -0.3 is 5.11 Å². The lowest BCUT2D eigenvalue weighted by Gasteiger charge is -1.93. The van der Waals surface area contributed by atoms with Gasteiger partial charge in [-0.1, -0.05) is 0 Å². The molecule has 0 bridgehead atoms. The van der Waals surface area contributed by atoms with Gasteiger partial charge in [-0.2, -0.15) is 5.10 Å². The van der Waals surface area contributed by atoms with Crippen LogP contribution in [0, 0.1) is 5.92 Å². The fourth-order valence-electron chi connectivity index (χ4n) is 1.92. The van der Waals surface area contributed by atoms with Crippen molar-refractivity contribution in [3.05, 3.63) is 18.0 Å². The number of hydrogen-bond donors (Lipinski definition) is 1. The molecule has 2 fully saturated rings. The van der Waals surface area contributed by atoms with Crippen LogP contribution < -0.4 is 0 Å². The van der Waals surface area contributed by atoms with Crippen LogP contribution >= 0.6 is 0 Å². The van der Waals surface area contributed by atoms with E-state index in [2.05, 4.69) is 5.10 Å². The van der Waals surface area contributed by atoms with Gasteiger partial charge in [0, 0.05) is 12.1 Å². The van der Waals surface area contributed by atoms with Gasteiger partial charge in [-0.3, -0.25) is 9.48 Å². The molecule has 4 nitrogen and oxygen atoms in total. The largest absolute Gasteiger partial charge is 0.481 e. The van der Waals surface area contributed by atoms with Gasteiger partial charge in [0.05, 0.1) is 18.2 Å². The van der Waals surface area contributed by atoms with Gasteiger partial charge in [0.15, 0.2) is 0 Å². The molecular formula is C10H12N2O2. The Labute approximate surface area is 81.5 Å². The summed E-state index contributed by atoms with van der Waals surface area (Å²) in [5.41, 5.74) is 1.10. The molecule has 0 saturated heterocycles. The molecule has 1 N–H and O–H groups in total. The summed E-state index contributed by atoms with van der Waals surface area (Å²) in [5.74, 6) is -0.610. The molecule has 2 atom stereocenters. The number of carbonyl (C=O) groups is 1. The number of aliphatic carboxylic acids is 1. The van der Waals surface area contributed by atoms with Crippen molar-refractivity contribution in [3.8, 4) is 0 Å². The molecule has 0 aromatic carbocycles.